The predicted octanol–water partition coefficient (Wildman–Crippen LogP) is 2.26. The van der Waals surface area contributed by atoms with Gasteiger partial charge in [-0.3, -0.25) is 9.59 Å². The van der Waals surface area contributed by atoms with Gasteiger partial charge in [0.2, 0.25) is 11.8 Å². The molecule has 0 atom stereocenters. The molecule has 0 spiro atoms. The molecule has 0 saturated carbocycles. The number of carbonyl (C=O) groups is 3. The Bertz CT molecular complexity index is 964. The third-order valence-electron chi connectivity index (χ3n) is 3.89. The maximum atomic E-state index is 13.5. The Balaban J connectivity index is 1.81. The lowest BCUT2D eigenvalue weighted by atomic mass is 10.2. The summed E-state index contributed by atoms with van der Waals surface area (Å²) >= 11 is 0. The molecule has 0 aromatic heterocycles. The number of ether oxygens (including phenoxy) is 3. The summed E-state index contributed by atoms with van der Waals surface area (Å²) < 4.78 is 28.5. The molecule has 164 valence electrons. The van der Waals surface area contributed by atoms with Gasteiger partial charge < -0.3 is 19.5 Å². The first-order chi connectivity index (χ1) is 14.9. The van der Waals surface area contributed by atoms with Crippen LogP contribution in [-0.2, 0) is 19.1 Å². The molecule has 10 heteroatoms. The van der Waals surface area contributed by atoms with Crippen LogP contribution in [0.2, 0.25) is 0 Å². The molecule has 0 bridgehead atoms. The molecule has 2 aromatic rings. The molecule has 0 heterocycles. The van der Waals surface area contributed by atoms with Gasteiger partial charge in [-0.25, -0.2) is 14.6 Å². The summed E-state index contributed by atoms with van der Waals surface area (Å²) in [5.41, 5.74) is 2.96. The van der Waals surface area contributed by atoms with Crippen LogP contribution < -0.4 is 20.2 Å². The van der Waals surface area contributed by atoms with E-state index < -0.39 is 23.6 Å². The highest BCUT2D eigenvalue weighted by Crippen LogP contribution is 2.27. The van der Waals surface area contributed by atoms with E-state index in [1.165, 1.54) is 38.6 Å². The van der Waals surface area contributed by atoms with Crippen LogP contribution >= 0.6 is 0 Å². The first-order valence-electron chi connectivity index (χ1n) is 9.17. The van der Waals surface area contributed by atoms with Gasteiger partial charge in [0.25, 0.3) is 0 Å². The van der Waals surface area contributed by atoms with Gasteiger partial charge in [0.15, 0.2) is 18.1 Å². The molecule has 2 amide bonds. The van der Waals surface area contributed by atoms with Crippen molar-refractivity contribution in [1.29, 1.82) is 0 Å². The number of amides is 2. The Morgan fingerprint density at radius 2 is 1.77 bits per heavy atom. The maximum absolute atomic E-state index is 13.5. The Morgan fingerprint density at radius 1 is 1.03 bits per heavy atom. The average molecular weight is 431 g/mol. The number of rotatable bonds is 10. The summed E-state index contributed by atoms with van der Waals surface area (Å²) in [6.45, 7) is -0.263. The van der Waals surface area contributed by atoms with Crippen LogP contribution in [0.5, 0.6) is 11.5 Å². The number of nitrogens with zero attached hydrogens (tertiary/aromatic N) is 1. The number of carbonyl (C=O) groups excluding carboxylic acids is 3. The zero-order valence-electron chi connectivity index (χ0n) is 17.0. The molecular formula is C21H22FN3O6. The van der Waals surface area contributed by atoms with Crippen molar-refractivity contribution >= 4 is 29.7 Å². The van der Waals surface area contributed by atoms with Crippen molar-refractivity contribution in [2.45, 2.75) is 12.8 Å². The van der Waals surface area contributed by atoms with Crippen LogP contribution in [0.1, 0.15) is 18.4 Å². The zero-order valence-corrected chi connectivity index (χ0v) is 17.0. The van der Waals surface area contributed by atoms with E-state index in [-0.39, 0.29) is 25.1 Å². The minimum atomic E-state index is -0.554. The number of halogens is 1. The summed E-state index contributed by atoms with van der Waals surface area (Å²) in [6, 6.07) is 10.6. The maximum Gasteiger partial charge on any atom is 0.343 e. The van der Waals surface area contributed by atoms with Crippen LogP contribution in [0.4, 0.5) is 10.1 Å². The Morgan fingerprint density at radius 3 is 2.48 bits per heavy atom. The minimum absolute atomic E-state index is 0.0545. The molecule has 2 rings (SSSR count). The highest BCUT2D eigenvalue weighted by Gasteiger charge is 2.10. The standard InChI is InChI=1S/C21H22FN3O6/c1-29-18-11-14(7-8-17(18)31-13-21(28)30-2)12-23-25-20(27)10-9-19(26)24-16-6-4-3-5-15(16)22/h3-8,11-12H,9-10,13H2,1-2H3,(H,24,26)(H,25,27). The summed E-state index contributed by atoms with van der Waals surface area (Å²) in [4.78, 5) is 34.8. The topological polar surface area (TPSA) is 115 Å². The number of para-hydroxylation sites is 1. The monoisotopic (exact) mass is 431 g/mol. The van der Waals surface area contributed by atoms with E-state index in [0.29, 0.717) is 17.1 Å². The number of nitrogens with one attached hydrogen (secondary N) is 2. The molecule has 0 saturated heterocycles. The number of methoxy groups -OCH3 is 2. The molecule has 0 aliphatic rings. The molecule has 0 radical (unpaired) electrons. The molecule has 2 N–H and O–H groups in total. The van der Waals surface area contributed by atoms with Gasteiger partial charge in [-0.2, -0.15) is 5.10 Å². The lowest BCUT2D eigenvalue weighted by Gasteiger charge is -2.10. The molecule has 9 nitrogen and oxygen atoms in total. The molecule has 2 aromatic carbocycles. The van der Waals surface area contributed by atoms with Crippen LogP contribution in [0.25, 0.3) is 0 Å². The number of hydrogen-bond acceptors (Lipinski definition) is 7. The van der Waals surface area contributed by atoms with Gasteiger partial charge in [0.1, 0.15) is 5.82 Å². The first kappa shape index (κ1) is 23.3. The van der Waals surface area contributed by atoms with Crippen LogP contribution in [0.3, 0.4) is 0 Å². The first-order valence-corrected chi connectivity index (χ1v) is 9.17. The summed E-state index contributed by atoms with van der Waals surface area (Å²) in [5, 5.41) is 6.22. The van der Waals surface area contributed by atoms with E-state index in [1.54, 1.807) is 24.3 Å². The smallest absolute Gasteiger partial charge is 0.343 e. The van der Waals surface area contributed by atoms with E-state index >= 15 is 0 Å². The highest BCUT2D eigenvalue weighted by molar-refractivity contribution is 5.93. The fraction of sp³-hybridized carbons (Fsp3) is 0.238. The van der Waals surface area contributed by atoms with E-state index in [0.717, 1.165) is 0 Å². The van der Waals surface area contributed by atoms with Crippen LogP contribution in [0, 0.1) is 5.82 Å². The van der Waals surface area contributed by atoms with Crippen molar-refractivity contribution in [3.63, 3.8) is 0 Å². The van der Waals surface area contributed by atoms with Crippen molar-refractivity contribution in [1.82, 2.24) is 5.43 Å². The van der Waals surface area contributed by atoms with Crippen molar-refractivity contribution in [2.24, 2.45) is 5.10 Å². The number of anilines is 1. The molecular weight excluding hydrogens is 409 g/mol. The highest BCUT2D eigenvalue weighted by atomic mass is 19.1. The molecule has 31 heavy (non-hydrogen) atoms. The van der Waals surface area contributed by atoms with E-state index in [9.17, 15) is 18.8 Å². The molecule has 0 fully saturated rings. The third kappa shape index (κ3) is 7.77. The second-order valence-electron chi connectivity index (χ2n) is 6.10. The second kappa shape index (κ2) is 11.9. The van der Waals surface area contributed by atoms with E-state index in [1.807, 2.05) is 0 Å². The van der Waals surface area contributed by atoms with E-state index in [4.69, 9.17) is 9.47 Å². The summed E-state index contributed by atoms with van der Waals surface area (Å²) in [6.07, 6.45) is 1.13. The quantitative estimate of drug-likeness (QED) is 0.339. The zero-order chi connectivity index (χ0) is 22.6. The second-order valence-corrected chi connectivity index (χ2v) is 6.10. The van der Waals surface area contributed by atoms with Crippen molar-refractivity contribution < 1.29 is 33.0 Å². The number of hydrazone groups is 1. The van der Waals surface area contributed by atoms with E-state index in [2.05, 4.69) is 20.6 Å². The fourth-order valence-electron chi connectivity index (χ4n) is 2.32. The normalized spacial score (nSPS) is 10.4. The van der Waals surface area contributed by atoms with Gasteiger partial charge >= 0.3 is 5.97 Å². The lowest BCUT2D eigenvalue weighted by molar-refractivity contribution is -0.143. The minimum Gasteiger partial charge on any atom is -0.493 e. The summed E-state index contributed by atoms with van der Waals surface area (Å²) in [7, 11) is 2.70. The van der Waals surface area contributed by atoms with Crippen molar-refractivity contribution in [3.8, 4) is 11.5 Å². The Kier molecular flexibility index (Phi) is 8.96. The van der Waals surface area contributed by atoms with Gasteiger partial charge in [0.05, 0.1) is 26.1 Å². The Hall–Kier alpha value is -3.95. The largest absolute Gasteiger partial charge is 0.493 e. The van der Waals surface area contributed by atoms with Crippen molar-refractivity contribution in [2.75, 3.05) is 26.1 Å². The average Bonchev–Trinajstić information content (AvgIpc) is 2.77. The lowest BCUT2D eigenvalue weighted by Crippen LogP contribution is -2.21. The number of esters is 1. The third-order valence-corrected chi connectivity index (χ3v) is 3.89. The predicted molar refractivity (Wildman–Crippen MR) is 111 cm³/mol. The van der Waals surface area contributed by atoms with Gasteiger partial charge in [-0.1, -0.05) is 12.1 Å². The van der Waals surface area contributed by atoms with Crippen molar-refractivity contribution in [3.05, 3.63) is 53.8 Å². The summed E-state index contributed by atoms with van der Waals surface area (Å²) in [5.74, 6) is -1.35. The van der Waals surface area contributed by atoms with Gasteiger partial charge in [0, 0.05) is 12.8 Å². The Labute approximate surface area is 178 Å². The fourth-order valence-corrected chi connectivity index (χ4v) is 2.32. The van der Waals surface area contributed by atoms with Gasteiger partial charge in [-0.05, 0) is 35.9 Å². The number of hydrogen-bond donors (Lipinski definition) is 2. The molecule has 0 aliphatic carbocycles. The van der Waals surface area contributed by atoms with Crippen LogP contribution in [-0.4, -0.2) is 44.8 Å². The SMILES string of the molecule is COC(=O)COc1ccc(C=NNC(=O)CCC(=O)Nc2ccccc2F)cc1OC. The van der Waals surface area contributed by atoms with Crippen LogP contribution in [0.15, 0.2) is 47.6 Å². The molecule has 0 aliphatic heterocycles. The number of benzene rings is 2. The van der Waals surface area contributed by atoms with Gasteiger partial charge in [-0.15, -0.1) is 0 Å². The molecule has 0 unspecified atom stereocenters.